The van der Waals surface area contributed by atoms with Crippen molar-refractivity contribution < 1.29 is 36.3 Å². The molecule has 2 aromatic heterocycles. The summed E-state index contributed by atoms with van der Waals surface area (Å²) < 4.78 is 66.7. The molecule has 1 aliphatic rings. The number of pyridine rings is 1. The molecule has 0 N–H and O–H groups in total. The Morgan fingerprint density at radius 3 is 2.22 bits per heavy atom. The van der Waals surface area contributed by atoms with Gasteiger partial charge in [0.2, 0.25) is 5.82 Å². The molecule has 3 rings (SSSR count). The number of halogens is 6. The van der Waals surface area contributed by atoms with Crippen molar-refractivity contribution >= 4 is 29.0 Å². The van der Waals surface area contributed by atoms with E-state index in [4.69, 9.17) is 11.6 Å². The fourth-order valence-corrected chi connectivity index (χ4v) is 3.44. The number of rotatable bonds is 5. The molecule has 1 saturated carbocycles. The highest BCUT2D eigenvalue weighted by Crippen LogP contribution is 2.32. The summed E-state index contributed by atoms with van der Waals surface area (Å²) in [4.78, 5) is 52.9. The first-order valence-corrected chi connectivity index (χ1v) is 9.47. The number of Topliss-reactive ketones (excluding diaryl/α,β-unsaturated/α-hetero) is 3. The van der Waals surface area contributed by atoms with Gasteiger partial charge in [-0.05, 0) is 30.2 Å². The Hall–Kier alpha value is -2.96. The van der Waals surface area contributed by atoms with Crippen LogP contribution < -0.4 is 5.69 Å². The number of aromatic nitrogens is 4. The molecular weight excluding hydrogens is 467 g/mol. The van der Waals surface area contributed by atoms with Crippen LogP contribution in [0, 0.1) is 5.92 Å². The van der Waals surface area contributed by atoms with Gasteiger partial charge in [0.05, 0.1) is 12.2 Å². The molecule has 0 saturated heterocycles. The van der Waals surface area contributed by atoms with Crippen molar-refractivity contribution in [1.29, 1.82) is 0 Å². The molecule has 32 heavy (non-hydrogen) atoms. The molecule has 0 aromatic carbocycles. The van der Waals surface area contributed by atoms with Crippen LogP contribution in [0.15, 0.2) is 16.9 Å². The SMILES string of the molecule is Cn1c(C(F)(F)F)nn(Cc2nc(C(F)(F)Cl)ccc2C(=O)C2C(=O)CCCC2=O)c1=O. The normalized spacial score (nSPS) is 16.0. The van der Waals surface area contributed by atoms with Gasteiger partial charge in [-0.2, -0.15) is 22.0 Å². The average molecular weight is 481 g/mol. The lowest BCUT2D eigenvalue weighted by Gasteiger charge is -2.20. The number of carbonyl (C=O) groups is 3. The van der Waals surface area contributed by atoms with E-state index in [1.165, 1.54) is 0 Å². The fourth-order valence-electron chi connectivity index (χ4n) is 3.34. The van der Waals surface area contributed by atoms with Gasteiger partial charge < -0.3 is 0 Å². The molecule has 0 spiro atoms. The summed E-state index contributed by atoms with van der Waals surface area (Å²) in [7, 11) is 0.802. The second-order valence-electron chi connectivity index (χ2n) is 7.09. The van der Waals surface area contributed by atoms with Crippen molar-refractivity contribution in [2.24, 2.45) is 13.0 Å². The van der Waals surface area contributed by atoms with Gasteiger partial charge in [0, 0.05) is 25.5 Å². The van der Waals surface area contributed by atoms with E-state index in [1.54, 1.807) is 0 Å². The Bertz CT molecular complexity index is 1150. The van der Waals surface area contributed by atoms with Crippen molar-refractivity contribution in [3.8, 4) is 0 Å². The largest absolute Gasteiger partial charge is 0.451 e. The maximum Gasteiger partial charge on any atom is 0.451 e. The van der Waals surface area contributed by atoms with Crippen molar-refractivity contribution in [3.05, 3.63) is 45.4 Å². The van der Waals surface area contributed by atoms with Crippen LogP contribution in [0.25, 0.3) is 0 Å². The highest BCUT2D eigenvalue weighted by atomic mass is 35.5. The summed E-state index contributed by atoms with van der Waals surface area (Å²) in [6.07, 6.45) is -4.82. The van der Waals surface area contributed by atoms with Crippen LogP contribution in [0.4, 0.5) is 22.0 Å². The van der Waals surface area contributed by atoms with Gasteiger partial charge in [-0.25, -0.2) is 14.5 Å². The first-order chi connectivity index (χ1) is 14.7. The maximum atomic E-state index is 13.6. The molecule has 8 nitrogen and oxygen atoms in total. The highest BCUT2D eigenvalue weighted by molar-refractivity contribution is 6.25. The zero-order valence-electron chi connectivity index (χ0n) is 16.3. The van der Waals surface area contributed by atoms with Crippen LogP contribution >= 0.6 is 11.6 Å². The van der Waals surface area contributed by atoms with Crippen molar-refractivity contribution in [1.82, 2.24) is 19.3 Å². The van der Waals surface area contributed by atoms with E-state index in [0.717, 1.165) is 13.1 Å². The number of hydrogen-bond acceptors (Lipinski definition) is 6. The van der Waals surface area contributed by atoms with Gasteiger partial charge in [0.15, 0.2) is 17.3 Å². The van der Waals surface area contributed by atoms with E-state index in [2.05, 4.69) is 10.1 Å². The number of nitrogens with zero attached hydrogens (tertiary/aromatic N) is 4. The maximum absolute atomic E-state index is 13.6. The van der Waals surface area contributed by atoms with E-state index < -0.39 is 69.8 Å². The molecule has 1 fully saturated rings. The third-order valence-electron chi connectivity index (χ3n) is 4.88. The Kier molecular flexibility index (Phi) is 6.06. The van der Waals surface area contributed by atoms with Crippen molar-refractivity contribution in [3.63, 3.8) is 0 Å². The van der Waals surface area contributed by atoms with Crippen LogP contribution in [-0.4, -0.2) is 36.7 Å². The lowest BCUT2D eigenvalue weighted by Crippen LogP contribution is -2.36. The van der Waals surface area contributed by atoms with Crippen LogP contribution in [0.3, 0.4) is 0 Å². The van der Waals surface area contributed by atoms with Gasteiger partial charge in [0.25, 0.3) is 0 Å². The van der Waals surface area contributed by atoms with Gasteiger partial charge in [-0.15, -0.1) is 5.10 Å². The Morgan fingerprint density at radius 1 is 1.12 bits per heavy atom. The van der Waals surface area contributed by atoms with Crippen LogP contribution in [-0.2, 0) is 34.7 Å². The molecule has 0 amide bonds. The summed E-state index contributed by atoms with van der Waals surface area (Å²) in [6.45, 7) is -0.917. The summed E-state index contributed by atoms with van der Waals surface area (Å²) >= 11 is 4.95. The predicted octanol–water partition coefficient (Wildman–Crippen LogP) is 2.45. The molecule has 0 unspecified atom stereocenters. The van der Waals surface area contributed by atoms with E-state index in [1.807, 2.05) is 0 Å². The monoisotopic (exact) mass is 480 g/mol. The zero-order chi connectivity index (χ0) is 24.0. The minimum atomic E-state index is -4.99. The van der Waals surface area contributed by atoms with Crippen molar-refractivity contribution in [2.45, 2.75) is 37.4 Å². The Morgan fingerprint density at radius 2 is 1.72 bits per heavy atom. The molecule has 14 heteroatoms. The van der Waals surface area contributed by atoms with Crippen LogP contribution in [0.1, 0.15) is 46.8 Å². The molecule has 1 aliphatic carbocycles. The summed E-state index contributed by atoms with van der Waals surface area (Å²) in [6, 6.07) is 1.52. The van der Waals surface area contributed by atoms with E-state index in [0.29, 0.717) is 6.07 Å². The second-order valence-corrected chi connectivity index (χ2v) is 7.57. The summed E-state index contributed by atoms with van der Waals surface area (Å²) in [5.74, 6) is -5.63. The van der Waals surface area contributed by atoms with Gasteiger partial charge in [-0.1, -0.05) is 0 Å². The van der Waals surface area contributed by atoms with Crippen LogP contribution in [0.2, 0.25) is 0 Å². The second kappa shape index (κ2) is 8.19. The smallest absolute Gasteiger partial charge is 0.298 e. The molecule has 0 aliphatic heterocycles. The molecular formula is C18H14ClF5N4O4. The number of hydrogen-bond donors (Lipinski definition) is 0. The molecule has 0 bridgehead atoms. The fraction of sp³-hybridized carbons (Fsp3) is 0.444. The van der Waals surface area contributed by atoms with Gasteiger partial charge in [0.1, 0.15) is 11.6 Å². The quantitative estimate of drug-likeness (QED) is 0.282. The molecule has 0 radical (unpaired) electrons. The Labute approximate surface area is 181 Å². The average Bonchev–Trinajstić information content (AvgIpc) is 2.95. The van der Waals surface area contributed by atoms with Gasteiger partial charge in [-0.3, -0.25) is 19.0 Å². The van der Waals surface area contributed by atoms with Crippen molar-refractivity contribution in [2.75, 3.05) is 0 Å². The van der Waals surface area contributed by atoms with E-state index in [9.17, 15) is 41.1 Å². The first kappa shape index (κ1) is 23.7. The lowest BCUT2D eigenvalue weighted by molar-refractivity contribution is -0.147. The number of carbonyl (C=O) groups excluding carboxylic acids is 3. The first-order valence-electron chi connectivity index (χ1n) is 9.09. The van der Waals surface area contributed by atoms with Crippen LogP contribution in [0.5, 0.6) is 0 Å². The minimum Gasteiger partial charge on any atom is -0.298 e. The highest BCUT2D eigenvalue weighted by Gasteiger charge is 2.40. The standard InChI is InChI=1S/C18H14ClF5N4O4/c1-27-15(18(22,23)24)26-28(16(27)32)7-9-8(5-6-12(25-9)17(19,20)21)14(31)13-10(29)3-2-4-11(13)30/h5-6,13H,2-4,7H2,1H3. The summed E-state index contributed by atoms with van der Waals surface area (Å²) in [5, 5.41) is -0.854. The topological polar surface area (TPSA) is 104 Å². The molecule has 0 atom stereocenters. The summed E-state index contributed by atoms with van der Waals surface area (Å²) in [5.41, 5.74) is -3.38. The lowest BCUT2D eigenvalue weighted by atomic mass is 9.81. The Balaban J connectivity index is 2.12. The molecule has 2 aromatic rings. The number of alkyl halides is 6. The predicted molar refractivity (Wildman–Crippen MR) is 97.2 cm³/mol. The zero-order valence-corrected chi connectivity index (χ0v) is 17.0. The third-order valence-corrected chi connectivity index (χ3v) is 5.07. The molecule has 172 valence electrons. The number of ketones is 3. The third kappa shape index (κ3) is 4.47. The molecule has 2 heterocycles. The minimum absolute atomic E-state index is 0.0443. The van der Waals surface area contributed by atoms with Gasteiger partial charge >= 0.3 is 17.2 Å². The van der Waals surface area contributed by atoms with E-state index in [-0.39, 0.29) is 28.5 Å². The van der Waals surface area contributed by atoms with E-state index >= 15 is 0 Å².